The fourth-order valence-corrected chi connectivity index (χ4v) is 3.85. The first kappa shape index (κ1) is 19.4. The molecule has 0 bridgehead atoms. The highest BCUT2D eigenvalue weighted by Gasteiger charge is 2.31. The van der Waals surface area contributed by atoms with Crippen molar-refractivity contribution in [1.29, 1.82) is 0 Å². The van der Waals surface area contributed by atoms with Gasteiger partial charge in [0, 0.05) is 22.7 Å². The number of fused-ring (bicyclic) bond motifs is 3. The second kappa shape index (κ2) is 7.84. The third kappa shape index (κ3) is 3.70. The van der Waals surface area contributed by atoms with Crippen LogP contribution in [0.25, 0.3) is 11.1 Å². The Morgan fingerprint density at radius 2 is 1.90 bits per heavy atom. The number of nitrogens with zero attached hydrogens (tertiary/aromatic N) is 2. The van der Waals surface area contributed by atoms with Crippen molar-refractivity contribution >= 4 is 23.2 Å². The summed E-state index contributed by atoms with van der Waals surface area (Å²) < 4.78 is 5.69. The molecule has 1 aromatic heterocycles. The van der Waals surface area contributed by atoms with Gasteiger partial charge in [-0.15, -0.1) is 0 Å². The van der Waals surface area contributed by atoms with Gasteiger partial charge in [0.05, 0.1) is 23.4 Å². The number of carbonyl (C=O) groups is 1. The normalized spacial score (nSPS) is 15.2. The van der Waals surface area contributed by atoms with E-state index in [2.05, 4.69) is 35.6 Å². The Bertz CT molecular complexity index is 1100. The predicted octanol–water partition coefficient (Wildman–Crippen LogP) is 5.03. The average molecular weight is 408 g/mol. The third-order valence-corrected chi connectivity index (χ3v) is 5.30. The van der Waals surface area contributed by atoms with Crippen molar-refractivity contribution < 1.29 is 9.32 Å². The van der Waals surface area contributed by atoms with Gasteiger partial charge in [-0.2, -0.15) is 0 Å². The van der Waals surface area contributed by atoms with E-state index in [1.807, 2.05) is 38.1 Å². The number of aryl methyl sites for hydroxylation is 2. The first-order valence-corrected chi connectivity index (χ1v) is 10.0. The molecule has 0 fully saturated rings. The monoisotopic (exact) mass is 407 g/mol. The lowest BCUT2D eigenvalue weighted by atomic mass is 9.91. The Kier molecular flexibility index (Phi) is 5.24. The SMILES string of the molecule is CCNC(=O)C[C@@H]1N=C(c2ccc(Cl)cc2)c2cc(C)ccc2-c2c(C)noc21. The van der Waals surface area contributed by atoms with Crippen LogP contribution in [-0.4, -0.2) is 23.3 Å². The quantitative estimate of drug-likeness (QED) is 0.659. The van der Waals surface area contributed by atoms with E-state index in [1.165, 1.54) is 0 Å². The fraction of sp³-hybridized carbons (Fsp3) is 0.261. The summed E-state index contributed by atoms with van der Waals surface area (Å²) in [6.07, 6.45) is 0.194. The molecule has 0 saturated heterocycles. The van der Waals surface area contributed by atoms with E-state index in [4.69, 9.17) is 21.1 Å². The number of benzene rings is 2. The van der Waals surface area contributed by atoms with E-state index in [9.17, 15) is 4.79 Å². The molecule has 0 unspecified atom stereocenters. The number of amides is 1. The first-order chi connectivity index (χ1) is 14.0. The summed E-state index contributed by atoms with van der Waals surface area (Å²) in [6.45, 7) is 6.44. The molecular weight excluding hydrogens is 386 g/mol. The zero-order valence-electron chi connectivity index (χ0n) is 16.6. The minimum Gasteiger partial charge on any atom is -0.358 e. The number of halogens is 1. The van der Waals surface area contributed by atoms with E-state index < -0.39 is 6.04 Å². The topological polar surface area (TPSA) is 67.5 Å². The van der Waals surface area contributed by atoms with E-state index in [1.54, 1.807) is 0 Å². The van der Waals surface area contributed by atoms with Crippen molar-refractivity contribution in [2.24, 2.45) is 4.99 Å². The second-order valence-electron chi connectivity index (χ2n) is 7.21. The second-order valence-corrected chi connectivity index (χ2v) is 7.65. The zero-order chi connectivity index (χ0) is 20.5. The summed E-state index contributed by atoms with van der Waals surface area (Å²) in [5.41, 5.74) is 6.61. The van der Waals surface area contributed by atoms with Crippen molar-refractivity contribution in [3.05, 3.63) is 75.6 Å². The van der Waals surface area contributed by atoms with E-state index in [-0.39, 0.29) is 12.3 Å². The standard InChI is InChI=1S/C23H22ClN3O2/c1-4-25-20(28)12-19-23-21(14(3)27-29-23)17-10-5-13(2)11-18(17)22(26-19)15-6-8-16(24)9-7-15/h5-11,19H,4,12H2,1-3H3,(H,25,28)/t19-/m0/s1. The molecule has 148 valence electrons. The molecule has 1 aliphatic heterocycles. The van der Waals surface area contributed by atoms with Gasteiger partial charge in [-0.3, -0.25) is 9.79 Å². The zero-order valence-corrected chi connectivity index (χ0v) is 17.4. The molecule has 0 aliphatic carbocycles. The number of hydrogen-bond acceptors (Lipinski definition) is 4. The van der Waals surface area contributed by atoms with Crippen molar-refractivity contribution in [3.63, 3.8) is 0 Å². The van der Waals surface area contributed by atoms with Crippen molar-refractivity contribution in [2.45, 2.75) is 33.2 Å². The number of aliphatic imine (C=N–C) groups is 1. The van der Waals surface area contributed by atoms with Gasteiger partial charge >= 0.3 is 0 Å². The van der Waals surface area contributed by atoms with Gasteiger partial charge in [0.15, 0.2) is 5.76 Å². The van der Waals surface area contributed by atoms with Crippen LogP contribution >= 0.6 is 11.6 Å². The predicted molar refractivity (Wildman–Crippen MR) is 115 cm³/mol. The molecule has 0 saturated carbocycles. The number of aromatic nitrogens is 1. The highest BCUT2D eigenvalue weighted by molar-refractivity contribution is 6.30. The maximum absolute atomic E-state index is 12.4. The van der Waals surface area contributed by atoms with Crippen LogP contribution in [0.2, 0.25) is 5.02 Å². The maximum Gasteiger partial charge on any atom is 0.222 e. The van der Waals surface area contributed by atoms with Crippen LogP contribution in [0.5, 0.6) is 0 Å². The molecular formula is C23H22ClN3O2. The van der Waals surface area contributed by atoms with Gasteiger partial charge < -0.3 is 9.84 Å². The third-order valence-electron chi connectivity index (χ3n) is 5.05. The average Bonchev–Trinajstić information content (AvgIpc) is 3.01. The molecule has 1 N–H and O–H groups in total. The van der Waals surface area contributed by atoms with Crippen LogP contribution in [0.4, 0.5) is 0 Å². The van der Waals surface area contributed by atoms with E-state index in [0.29, 0.717) is 17.3 Å². The van der Waals surface area contributed by atoms with Crippen LogP contribution < -0.4 is 5.32 Å². The number of rotatable bonds is 4. The first-order valence-electron chi connectivity index (χ1n) is 9.66. The van der Waals surface area contributed by atoms with Crippen LogP contribution in [0.1, 0.15) is 47.5 Å². The maximum atomic E-state index is 12.4. The summed E-state index contributed by atoms with van der Waals surface area (Å²) in [6, 6.07) is 13.4. The molecule has 6 heteroatoms. The van der Waals surface area contributed by atoms with Gasteiger partial charge in [0.2, 0.25) is 5.91 Å². The van der Waals surface area contributed by atoms with Crippen LogP contribution in [0, 0.1) is 13.8 Å². The minimum absolute atomic E-state index is 0.0705. The molecule has 2 heterocycles. The Balaban J connectivity index is 1.95. The Morgan fingerprint density at radius 1 is 1.14 bits per heavy atom. The van der Waals surface area contributed by atoms with E-state index in [0.717, 1.165) is 39.2 Å². The number of carbonyl (C=O) groups excluding carboxylic acids is 1. The summed E-state index contributed by atoms with van der Waals surface area (Å²) in [5.74, 6) is 0.557. The number of nitrogens with one attached hydrogen (secondary N) is 1. The van der Waals surface area contributed by atoms with Gasteiger partial charge in [-0.1, -0.05) is 46.6 Å². The lowest BCUT2D eigenvalue weighted by Crippen LogP contribution is -2.24. The minimum atomic E-state index is -0.462. The Morgan fingerprint density at radius 3 is 2.62 bits per heavy atom. The van der Waals surface area contributed by atoms with Crippen LogP contribution in [0.3, 0.4) is 0 Å². The van der Waals surface area contributed by atoms with Gasteiger partial charge in [-0.25, -0.2) is 0 Å². The van der Waals surface area contributed by atoms with Crippen molar-refractivity contribution in [3.8, 4) is 11.1 Å². The van der Waals surface area contributed by atoms with Gasteiger partial charge in [-0.05, 0) is 44.5 Å². The molecule has 3 aromatic rings. The summed E-state index contributed by atoms with van der Waals surface area (Å²) in [7, 11) is 0. The number of hydrogen-bond donors (Lipinski definition) is 1. The van der Waals surface area contributed by atoms with E-state index >= 15 is 0 Å². The molecule has 5 nitrogen and oxygen atoms in total. The van der Waals surface area contributed by atoms with Crippen molar-refractivity contribution in [2.75, 3.05) is 6.54 Å². The lowest BCUT2D eigenvalue weighted by molar-refractivity contribution is -0.121. The lowest BCUT2D eigenvalue weighted by Gasteiger charge is -2.13. The molecule has 0 spiro atoms. The molecule has 2 aromatic carbocycles. The van der Waals surface area contributed by atoms with Crippen LogP contribution in [-0.2, 0) is 4.79 Å². The molecule has 1 atom stereocenters. The Labute approximate surface area is 174 Å². The van der Waals surface area contributed by atoms with Gasteiger partial charge in [0.1, 0.15) is 6.04 Å². The van der Waals surface area contributed by atoms with Crippen molar-refractivity contribution in [1.82, 2.24) is 10.5 Å². The molecule has 29 heavy (non-hydrogen) atoms. The molecule has 1 aliphatic rings. The highest BCUT2D eigenvalue weighted by Crippen LogP contribution is 2.41. The summed E-state index contributed by atoms with van der Waals surface area (Å²) in [5, 5.41) is 7.70. The van der Waals surface area contributed by atoms with Gasteiger partial charge in [0.25, 0.3) is 0 Å². The fourth-order valence-electron chi connectivity index (χ4n) is 3.72. The summed E-state index contributed by atoms with van der Waals surface area (Å²) in [4.78, 5) is 17.4. The molecule has 1 amide bonds. The smallest absolute Gasteiger partial charge is 0.222 e. The largest absolute Gasteiger partial charge is 0.358 e. The van der Waals surface area contributed by atoms with Crippen LogP contribution in [0.15, 0.2) is 52.0 Å². The summed E-state index contributed by atoms with van der Waals surface area (Å²) >= 11 is 6.10. The Hall–Kier alpha value is -2.92. The molecule has 0 radical (unpaired) electrons. The molecule has 4 rings (SSSR count). The highest BCUT2D eigenvalue weighted by atomic mass is 35.5.